The molecular formula is C14H16O. The molecule has 0 spiro atoms. The van der Waals surface area contributed by atoms with Crippen LogP contribution in [-0.4, -0.2) is 5.78 Å². The van der Waals surface area contributed by atoms with Crippen LogP contribution in [0.25, 0.3) is 0 Å². The molecule has 0 bridgehead atoms. The van der Waals surface area contributed by atoms with E-state index in [1.54, 1.807) is 0 Å². The normalized spacial score (nSPS) is 24.7. The summed E-state index contributed by atoms with van der Waals surface area (Å²) in [5.41, 5.74) is 2.73. The van der Waals surface area contributed by atoms with Gasteiger partial charge in [-0.15, -0.1) is 0 Å². The van der Waals surface area contributed by atoms with Crippen molar-refractivity contribution in [3.63, 3.8) is 0 Å². The molecule has 0 aliphatic heterocycles. The molecule has 1 unspecified atom stereocenters. The molecule has 0 saturated heterocycles. The van der Waals surface area contributed by atoms with Gasteiger partial charge in [0.25, 0.3) is 0 Å². The summed E-state index contributed by atoms with van der Waals surface area (Å²) in [7, 11) is 0. The lowest BCUT2D eigenvalue weighted by molar-refractivity contribution is -0.122. The van der Waals surface area contributed by atoms with E-state index in [1.165, 1.54) is 17.5 Å². The zero-order valence-electron chi connectivity index (χ0n) is 8.91. The molecule has 2 aliphatic carbocycles. The highest BCUT2D eigenvalue weighted by Crippen LogP contribution is 2.40. The van der Waals surface area contributed by atoms with Crippen LogP contribution >= 0.6 is 0 Å². The van der Waals surface area contributed by atoms with Crippen LogP contribution in [-0.2, 0) is 11.2 Å². The van der Waals surface area contributed by atoms with Gasteiger partial charge in [0.2, 0.25) is 0 Å². The van der Waals surface area contributed by atoms with E-state index in [4.69, 9.17) is 0 Å². The highest BCUT2D eigenvalue weighted by Gasteiger charge is 2.36. The van der Waals surface area contributed by atoms with Crippen LogP contribution in [0.1, 0.15) is 42.7 Å². The van der Waals surface area contributed by atoms with Crippen molar-refractivity contribution in [2.75, 3.05) is 0 Å². The van der Waals surface area contributed by atoms with Crippen molar-refractivity contribution in [3.8, 4) is 0 Å². The van der Waals surface area contributed by atoms with Crippen LogP contribution < -0.4 is 0 Å². The number of carbonyl (C=O) groups is 1. The SMILES string of the molecule is O=C(C1CC1)C1CCCc2ccccc21. The second kappa shape index (κ2) is 3.48. The summed E-state index contributed by atoms with van der Waals surface area (Å²) in [6, 6.07) is 8.49. The van der Waals surface area contributed by atoms with Gasteiger partial charge in [-0.2, -0.15) is 0 Å². The van der Waals surface area contributed by atoms with E-state index in [0.29, 0.717) is 11.7 Å². The number of aryl methyl sites for hydroxylation is 1. The van der Waals surface area contributed by atoms with Gasteiger partial charge in [0.05, 0.1) is 0 Å². The lowest BCUT2D eigenvalue weighted by Crippen LogP contribution is -2.19. The Morgan fingerprint density at radius 1 is 1.13 bits per heavy atom. The molecule has 0 radical (unpaired) electrons. The highest BCUT2D eigenvalue weighted by molar-refractivity contribution is 5.90. The average molecular weight is 200 g/mol. The first-order valence-corrected chi connectivity index (χ1v) is 5.98. The zero-order chi connectivity index (χ0) is 10.3. The fourth-order valence-electron chi connectivity index (χ4n) is 2.70. The van der Waals surface area contributed by atoms with Crippen LogP contribution in [0.5, 0.6) is 0 Å². The maximum absolute atomic E-state index is 12.1. The van der Waals surface area contributed by atoms with Gasteiger partial charge in [-0.3, -0.25) is 4.79 Å². The fourth-order valence-corrected chi connectivity index (χ4v) is 2.70. The first-order valence-electron chi connectivity index (χ1n) is 5.98. The van der Waals surface area contributed by atoms with Crippen molar-refractivity contribution < 1.29 is 4.79 Å². The summed E-state index contributed by atoms with van der Waals surface area (Å²) < 4.78 is 0. The Kier molecular flexibility index (Phi) is 2.12. The molecule has 3 rings (SSSR count). The summed E-state index contributed by atoms with van der Waals surface area (Å²) in [5.74, 6) is 1.14. The van der Waals surface area contributed by atoms with E-state index in [-0.39, 0.29) is 5.92 Å². The van der Waals surface area contributed by atoms with Gasteiger partial charge < -0.3 is 0 Å². The Bertz CT molecular complexity index is 390. The monoisotopic (exact) mass is 200 g/mol. The van der Waals surface area contributed by atoms with Crippen molar-refractivity contribution in [1.82, 2.24) is 0 Å². The van der Waals surface area contributed by atoms with E-state index in [9.17, 15) is 4.79 Å². The number of rotatable bonds is 2. The topological polar surface area (TPSA) is 17.1 Å². The van der Waals surface area contributed by atoms with Gasteiger partial charge in [0, 0.05) is 11.8 Å². The lowest BCUT2D eigenvalue weighted by atomic mass is 9.79. The third-order valence-electron chi connectivity index (χ3n) is 3.69. The standard InChI is InChI=1S/C14H16O/c15-14(11-8-9-11)13-7-3-5-10-4-1-2-6-12(10)13/h1-2,4,6,11,13H,3,5,7-9H2. The van der Waals surface area contributed by atoms with Crippen LogP contribution in [0.4, 0.5) is 0 Å². The highest BCUT2D eigenvalue weighted by atomic mass is 16.1. The summed E-state index contributed by atoms with van der Waals surface area (Å²) in [6.07, 6.45) is 5.69. The quantitative estimate of drug-likeness (QED) is 0.717. The van der Waals surface area contributed by atoms with E-state index >= 15 is 0 Å². The molecular weight excluding hydrogens is 184 g/mol. The molecule has 1 nitrogen and oxygen atoms in total. The molecule has 1 atom stereocenters. The molecule has 1 fully saturated rings. The molecule has 15 heavy (non-hydrogen) atoms. The minimum Gasteiger partial charge on any atom is -0.299 e. The predicted octanol–water partition coefficient (Wildman–Crippen LogP) is 3.09. The van der Waals surface area contributed by atoms with Crippen molar-refractivity contribution in [3.05, 3.63) is 35.4 Å². The predicted molar refractivity (Wildman–Crippen MR) is 59.9 cm³/mol. The van der Waals surface area contributed by atoms with Crippen molar-refractivity contribution in [2.45, 2.75) is 38.0 Å². The molecule has 0 amide bonds. The summed E-state index contributed by atoms with van der Waals surface area (Å²) in [4.78, 5) is 12.1. The van der Waals surface area contributed by atoms with Crippen LogP contribution in [0.3, 0.4) is 0 Å². The number of carbonyl (C=O) groups excluding carboxylic acids is 1. The van der Waals surface area contributed by atoms with E-state index in [1.807, 2.05) is 0 Å². The Balaban J connectivity index is 1.94. The lowest BCUT2D eigenvalue weighted by Gasteiger charge is -2.24. The van der Waals surface area contributed by atoms with Crippen molar-refractivity contribution in [1.29, 1.82) is 0 Å². The van der Waals surface area contributed by atoms with Gasteiger partial charge in [0.15, 0.2) is 0 Å². The van der Waals surface area contributed by atoms with Crippen LogP contribution in [0.15, 0.2) is 24.3 Å². The number of benzene rings is 1. The average Bonchev–Trinajstić information content (AvgIpc) is 3.11. The molecule has 0 heterocycles. The first-order chi connectivity index (χ1) is 7.36. The third kappa shape index (κ3) is 1.60. The molecule has 1 saturated carbocycles. The minimum atomic E-state index is 0.224. The summed E-state index contributed by atoms with van der Waals surface area (Å²) >= 11 is 0. The Morgan fingerprint density at radius 2 is 1.93 bits per heavy atom. The largest absolute Gasteiger partial charge is 0.299 e. The summed E-state index contributed by atoms with van der Waals surface area (Å²) in [6.45, 7) is 0. The van der Waals surface area contributed by atoms with Gasteiger partial charge >= 0.3 is 0 Å². The number of ketones is 1. The van der Waals surface area contributed by atoms with Gasteiger partial charge in [0.1, 0.15) is 5.78 Å². The minimum absolute atomic E-state index is 0.224. The van der Waals surface area contributed by atoms with Gasteiger partial charge in [-0.1, -0.05) is 24.3 Å². The number of hydrogen-bond donors (Lipinski definition) is 0. The first kappa shape index (κ1) is 9.14. The molecule has 78 valence electrons. The van der Waals surface area contributed by atoms with Crippen LogP contribution in [0, 0.1) is 5.92 Å². The molecule has 2 aliphatic rings. The molecule has 1 aromatic rings. The van der Waals surface area contributed by atoms with Gasteiger partial charge in [-0.25, -0.2) is 0 Å². The molecule has 0 N–H and O–H groups in total. The number of hydrogen-bond acceptors (Lipinski definition) is 1. The van der Waals surface area contributed by atoms with E-state index in [0.717, 1.165) is 25.7 Å². The fraction of sp³-hybridized carbons (Fsp3) is 0.500. The van der Waals surface area contributed by atoms with E-state index < -0.39 is 0 Å². The smallest absolute Gasteiger partial charge is 0.143 e. The maximum Gasteiger partial charge on any atom is 0.143 e. The Hall–Kier alpha value is -1.11. The Morgan fingerprint density at radius 3 is 2.73 bits per heavy atom. The van der Waals surface area contributed by atoms with Gasteiger partial charge in [-0.05, 0) is 43.2 Å². The number of Topliss-reactive ketones (excluding diaryl/α,β-unsaturated/α-hetero) is 1. The number of fused-ring (bicyclic) bond motifs is 1. The maximum atomic E-state index is 12.1. The van der Waals surface area contributed by atoms with E-state index in [2.05, 4.69) is 24.3 Å². The van der Waals surface area contributed by atoms with Crippen molar-refractivity contribution in [2.24, 2.45) is 5.92 Å². The summed E-state index contributed by atoms with van der Waals surface area (Å²) in [5, 5.41) is 0. The second-order valence-electron chi connectivity index (χ2n) is 4.82. The second-order valence-corrected chi connectivity index (χ2v) is 4.82. The molecule has 1 heteroatoms. The van der Waals surface area contributed by atoms with Crippen molar-refractivity contribution >= 4 is 5.78 Å². The third-order valence-corrected chi connectivity index (χ3v) is 3.69. The Labute approximate surface area is 90.5 Å². The zero-order valence-corrected chi connectivity index (χ0v) is 8.91. The van der Waals surface area contributed by atoms with Crippen LogP contribution in [0.2, 0.25) is 0 Å². The molecule has 0 aromatic heterocycles. The molecule has 1 aromatic carbocycles.